The van der Waals surface area contributed by atoms with Crippen molar-refractivity contribution in [3.05, 3.63) is 58.7 Å². The minimum atomic E-state index is 0. The summed E-state index contributed by atoms with van der Waals surface area (Å²) < 4.78 is 0. The fourth-order valence-electron chi connectivity index (χ4n) is 2.80. The molecule has 0 aromatic heterocycles. The van der Waals surface area contributed by atoms with Crippen LogP contribution in [0.25, 0.3) is 0 Å². The first-order chi connectivity index (χ1) is 9.86. The predicted molar refractivity (Wildman–Crippen MR) is 102 cm³/mol. The minimum absolute atomic E-state index is 0. The van der Waals surface area contributed by atoms with E-state index < -0.39 is 0 Å². The molecule has 1 aliphatic rings. The van der Waals surface area contributed by atoms with Gasteiger partial charge in [-0.3, -0.25) is 4.79 Å². The largest absolute Gasteiger partial charge is 2.00 e. The van der Waals surface area contributed by atoms with Crippen LogP contribution in [0.2, 0.25) is 0 Å². The molecule has 0 aromatic carbocycles. The second kappa shape index (κ2) is 16.2. The van der Waals surface area contributed by atoms with Crippen molar-refractivity contribution in [2.75, 3.05) is 0 Å². The summed E-state index contributed by atoms with van der Waals surface area (Å²) in [6.45, 7) is 10.9. The summed E-state index contributed by atoms with van der Waals surface area (Å²) in [4.78, 5) is 10.3. The monoisotopic (exact) mass is 390 g/mol. The summed E-state index contributed by atoms with van der Waals surface area (Å²) in [5.41, 5.74) is 5.48. The zero-order valence-electron chi connectivity index (χ0n) is 20.8. The van der Waals surface area contributed by atoms with E-state index in [1.54, 1.807) is 6.08 Å². The van der Waals surface area contributed by atoms with Crippen molar-refractivity contribution in [2.24, 2.45) is 5.41 Å². The Morgan fingerprint density at radius 3 is 2.25 bits per heavy atom. The molecule has 0 amide bonds. The molecule has 0 saturated heterocycles. The van der Waals surface area contributed by atoms with Crippen molar-refractivity contribution in [1.82, 2.24) is 0 Å². The summed E-state index contributed by atoms with van der Waals surface area (Å²) in [6.07, 6.45) is 16.6. The van der Waals surface area contributed by atoms with E-state index in [-0.39, 0.29) is 130 Å². The van der Waals surface area contributed by atoms with E-state index in [1.807, 2.05) is 19.1 Å². The van der Waals surface area contributed by atoms with E-state index in [9.17, 15) is 4.79 Å². The quantitative estimate of drug-likeness (QED) is 0.275. The van der Waals surface area contributed by atoms with Crippen molar-refractivity contribution in [3.8, 4) is 0 Å². The molecule has 1 rings (SSSR count). The van der Waals surface area contributed by atoms with Crippen molar-refractivity contribution in [3.63, 3.8) is 0 Å². The Morgan fingerprint density at radius 1 is 1.12 bits per heavy atom. The maximum Gasteiger partial charge on any atom is 2.00 e. The molecular formula is C20H32CaKNaO. The van der Waals surface area contributed by atoms with Gasteiger partial charge in [0.1, 0.15) is 6.29 Å². The van der Waals surface area contributed by atoms with Crippen LogP contribution < -0.4 is 80.9 Å². The van der Waals surface area contributed by atoms with Crippen LogP contribution in [0.1, 0.15) is 59.6 Å². The molecule has 1 nitrogen and oxygen atoms in total. The van der Waals surface area contributed by atoms with Crippen LogP contribution in [0.15, 0.2) is 58.7 Å². The number of aldehydes is 1. The van der Waals surface area contributed by atoms with Gasteiger partial charge < -0.3 is 5.71 Å². The smallest absolute Gasteiger partial charge is 1.00 e. The number of hydrogen-bond acceptors (Lipinski definition) is 1. The van der Waals surface area contributed by atoms with Gasteiger partial charge in [0.2, 0.25) is 0 Å². The Morgan fingerprint density at radius 2 is 1.71 bits per heavy atom. The van der Waals surface area contributed by atoms with Gasteiger partial charge >= 0.3 is 119 Å². The first-order valence-corrected chi connectivity index (χ1v) is 7.72. The molecule has 122 valence electrons. The molecule has 0 spiro atoms. The van der Waals surface area contributed by atoms with E-state index >= 15 is 0 Å². The number of rotatable bonds is 5. The molecule has 0 aromatic rings. The maximum atomic E-state index is 10.3. The SMILES string of the molecule is CC(C=CC=C(C)C=CC1=C(C)CCCC1(C)C)=CC=O.[Ca+2].[H-].[H-].[H-].[H-].[K+].[Na+]. The summed E-state index contributed by atoms with van der Waals surface area (Å²) in [6, 6.07) is 0. The third-order valence-corrected chi connectivity index (χ3v) is 4.10. The van der Waals surface area contributed by atoms with Gasteiger partial charge in [-0.1, -0.05) is 55.4 Å². The third kappa shape index (κ3) is 11.9. The Kier molecular flexibility index (Phi) is 21.0. The first-order valence-electron chi connectivity index (χ1n) is 7.72. The molecule has 0 atom stereocenters. The van der Waals surface area contributed by atoms with Gasteiger partial charge in [0.25, 0.3) is 0 Å². The van der Waals surface area contributed by atoms with Crippen LogP contribution in [0.4, 0.5) is 0 Å². The molecule has 0 heterocycles. The van der Waals surface area contributed by atoms with Crippen LogP contribution >= 0.6 is 0 Å². The van der Waals surface area contributed by atoms with E-state index in [4.69, 9.17) is 0 Å². The molecule has 1 aliphatic carbocycles. The zero-order valence-corrected chi connectivity index (χ0v) is 24.1. The van der Waals surface area contributed by atoms with Crippen molar-refractivity contribution in [2.45, 2.75) is 53.9 Å². The second-order valence-electron chi connectivity index (χ2n) is 6.58. The Labute approximate surface area is 249 Å². The Hall–Kier alpha value is 2.27. The van der Waals surface area contributed by atoms with Crippen LogP contribution in [-0.4, -0.2) is 44.0 Å². The fourth-order valence-corrected chi connectivity index (χ4v) is 2.80. The second-order valence-corrected chi connectivity index (χ2v) is 6.58. The number of hydrogen-bond donors (Lipinski definition) is 0. The van der Waals surface area contributed by atoms with Gasteiger partial charge in [-0.25, -0.2) is 0 Å². The van der Waals surface area contributed by atoms with E-state index in [2.05, 4.69) is 45.9 Å². The molecule has 0 saturated carbocycles. The minimum Gasteiger partial charge on any atom is -1.00 e. The average Bonchev–Trinajstić information content (AvgIpc) is 2.37. The maximum absolute atomic E-state index is 10.3. The molecule has 0 N–H and O–H groups in total. The van der Waals surface area contributed by atoms with Gasteiger partial charge in [-0.05, 0) is 62.7 Å². The van der Waals surface area contributed by atoms with E-state index in [1.165, 1.54) is 36.0 Å². The first kappa shape index (κ1) is 31.0. The Bertz CT molecular complexity index is 556. The van der Waals surface area contributed by atoms with Crippen LogP contribution in [0.3, 0.4) is 0 Å². The standard InChI is InChI=1S/C20H28O.Ca.K.Na.4H/c1-16(8-6-9-17(2)13-15-21)11-12-19-18(3)10-7-14-20(19,4)5;;;;;;;/h6,8-9,11-13,15H,7,10,14H2,1-5H3;;;;;;;/q;+2;2*+1;4*-1. The topological polar surface area (TPSA) is 17.1 Å². The summed E-state index contributed by atoms with van der Waals surface area (Å²) in [5.74, 6) is 0. The van der Waals surface area contributed by atoms with Gasteiger partial charge in [0.05, 0.1) is 0 Å². The zero-order chi connectivity index (χ0) is 15.9. The number of carbonyl (C=O) groups excluding carboxylic acids is 1. The molecule has 24 heavy (non-hydrogen) atoms. The third-order valence-electron chi connectivity index (χ3n) is 4.10. The normalized spacial score (nSPS) is 18.0. The van der Waals surface area contributed by atoms with Gasteiger partial charge in [0, 0.05) is 0 Å². The molecule has 0 aliphatic heterocycles. The van der Waals surface area contributed by atoms with E-state index in [0.29, 0.717) is 0 Å². The average molecular weight is 391 g/mol. The van der Waals surface area contributed by atoms with Gasteiger partial charge in [-0.2, -0.15) is 0 Å². The predicted octanol–water partition coefficient (Wildman–Crippen LogP) is -0.206. The van der Waals surface area contributed by atoms with Gasteiger partial charge in [-0.15, -0.1) is 0 Å². The molecule has 0 unspecified atom stereocenters. The fraction of sp³-hybridized carbons (Fsp3) is 0.450. The molecular weight excluding hydrogens is 358 g/mol. The summed E-state index contributed by atoms with van der Waals surface area (Å²) in [5, 5.41) is 0. The van der Waals surface area contributed by atoms with Crippen LogP contribution in [0, 0.1) is 5.41 Å². The van der Waals surface area contributed by atoms with Crippen molar-refractivity contribution < 1.29 is 91.4 Å². The van der Waals surface area contributed by atoms with E-state index in [0.717, 1.165) is 11.9 Å². The molecule has 0 fully saturated rings. The number of carbonyl (C=O) groups is 1. The summed E-state index contributed by atoms with van der Waals surface area (Å²) in [7, 11) is 0. The molecule has 0 bridgehead atoms. The molecule has 0 radical (unpaired) electrons. The van der Waals surface area contributed by atoms with Crippen LogP contribution in [0.5, 0.6) is 0 Å². The molecule has 4 heteroatoms. The van der Waals surface area contributed by atoms with Crippen molar-refractivity contribution in [1.29, 1.82) is 0 Å². The number of allylic oxidation sites excluding steroid dienone is 10. The van der Waals surface area contributed by atoms with Gasteiger partial charge in [0.15, 0.2) is 0 Å². The Balaban J connectivity index is -0.000000126. The van der Waals surface area contributed by atoms with Crippen molar-refractivity contribution >= 4 is 44.0 Å². The van der Waals surface area contributed by atoms with Crippen LogP contribution in [-0.2, 0) is 4.79 Å². The summed E-state index contributed by atoms with van der Waals surface area (Å²) >= 11 is 0.